The minimum atomic E-state index is 0.593. The number of oxazole rings is 1. The van der Waals surface area contributed by atoms with E-state index < -0.39 is 0 Å². The van der Waals surface area contributed by atoms with Gasteiger partial charge in [-0.15, -0.1) is 11.3 Å². The predicted octanol–water partition coefficient (Wildman–Crippen LogP) is 15.9. The van der Waals surface area contributed by atoms with Gasteiger partial charge in [-0.3, -0.25) is 0 Å². The molecule has 0 atom stereocenters. The van der Waals surface area contributed by atoms with E-state index >= 15 is 0 Å². The first-order valence-corrected chi connectivity index (χ1v) is 20.4. The third-order valence-corrected chi connectivity index (χ3v) is 12.3. The number of aromatic nitrogens is 1. The van der Waals surface area contributed by atoms with E-state index in [4.69, 9.17) is 9.40 Å². The zero-order chi connectivity index (χ0) is 38.4. The second kappa shape index (κ2) is 14.3. The van der Waals surface area contributed by atoms with Gasteiger partial charge in [0.15, 0.2) is 5.58 Å². The lowest BCUT2D eigenvalue weighted by Crippen LogP contribution is -1.87. The minimum Gasteiger partial charge on any atom is -0.436 e. The summed E-state index contributed by atoms with van der Waals surface area (Å²) in [6.45, 7) is 0. The van der Waals surface area contributed by atoms with Gasteiger partial charge < -0.3 is 4.42 Å². The molecule has 0 radical (unpaired) electrons. The van der Waals surface area contributed by atoms with Crippen LogP contribution in [0, 0.1) is 0 Å². The molecule has 0 N–H and O–H groups in total. The molecule has 0 aliphatic heterocycles. The number of nitrogens with zero attached hydrogens (tertiary/aromatic N) is 1. The topological polar surface area (TPSA) is 26.0 Å². The van der Waals surface area contributed by atoms with E-state index in [0.29, 0.717) is 5.89 Å². The number of rotatable bonds is 7. The van der Waals surface area contributed by atoms with Crippen molar-refractivity contribution < 1.29 is 4.42 Å². The average Bonchev–Trinajstić information content (AvgIpc) is 3.91. The van der Waals surface area contributed by atoms with Gasteiger partial charge in [0.2, 0.25) is 5.89 Å². The van der Waals surface area contributed by atoms with E-state index in [1.54, 1.807) is 0 Å². The van der Waals surface area contributed by atoms with Gasteiger partial charge in [-0.1, -0.05) is 164 Å². The van der Waals surface area contributed by atoms with E-state index in [9.17, 15) is 0 Å². The Kier molecular flexibility index (Phi) is 8.38. The van der Waals surface area contributed by atoms with Gasteiger partial charge in [0.25, 0.3) is 0 Å². The lowest BCUT2D eigenvalue weighted by atomic mass is 9.95. The molecular weight excluding hydrogens is 723 g/mol. The SMILES string of the molecule is c1ccc(-c2ccc(-c3cc(-c4ccc(-c5ccc6sc7ccccc7c6c5)cc4)cc4oc(-c5cc(-c6ccccc6)cc(-c6ccccc6)c5)nc34)cc2)cc1. The van der Waals surface area contributed by atoms with Gasteiger partial charge in [0.1, 0.15) is 5.52 Å². The monoisotopic (exact) mass is 757 g/mol. The van der Waals surface area contributed by atoms with Crippen LogP contribution in [0.1, 0.15) is 0 Å². The zero-order valence-corrected chi connectivity index (χ0v) is 32.3. The summed E-state index contributed by atoms with van der Waals surface area (Å²) in [6, 6.07) is 75.8. The predicted molar refractivity (Wildman–Crippen MR) is 245 cm³/mol. The highest BCUT2D eigenvalue weighted by atomic mass is 32.1. The summed E-state index contributed by atoms with van der Waals surface area (Å²) >= 11 is 1.85. The molecular formula is C55H35NOS. The second-order valence-corrected chi connectivity index (χ2v) is 15.8. The van der Waals surface area contributed by atoms with Crippen LogP contribution in [-0.4, -0.2) is 4.98 Å². The summed E-state index contributed by atoms with van der Waals surface area (Å²) < 4.78 is 9.44. The molecule has 0 fully saturated rings. The van der Waals surface area contributed by atoms with Crippen molar-refractivity contribution in [1.82, 2.24) is 4.98 Å². The molecule has 11 aromatic rings. The van der Waals surface area contributed by atoms with Gasteiger partial charge >= 0.3 is 0 Å². The molecule has 0 aliphatic rings. The highest BCUT2D eigenvalue weighted by molar-refractivity contribution is 7.25. The van der Waals surface area contributed by atoms with Gasteiger partial charge in [0.05, 0.1) is 0 Å². The van der Waals surface area contributed by atoms with Crippen molar-refractivity contribution in [3.63, 3.8) is 0 Å². The first kappa shape index (κ1) is 34.0. The van der Waals surface area contributed by atoms with Crippen molar-refractivity contribution in [2.45, 2.75) is 0 Å². The number of thiophene rings is 1. The van der Waals surface area contributed by atoms with Crippen molar-refractivity contribution in [3.05, 3.63) is 212 Å². The van der Waals surface area contributed by atoms with E-state index in [1.807, 2.05) is 11.3 Å². The van der Waals surface area contributed by atoms with Crippen LogP contribution < -0.4 is 0 Å². The van der Waals surface area contributed by atoms with Crippen LogP contribution in [-0.2, 0) is 0 Å². The van der Waals surface area contributed by atoms with Gasteiger partial charge in [-0.2, -0.15) is 0 Å². The van der Waals surface area contributed by atoms with Gasteiger partial charge in [0, 0.05) is 31.3 Å². The summed E-state index contributed by atoms with van der Waals surface area (Å²) in [5.74, 6) is 0.593. The molecule has 0 aliphatic carbocycles. The number of hydrogen-bond donors (Lipinski definition) is 0. The molecule has 58 heavy (non-hydrogen) atoms. The molecule has 0 bridgehead atoms. The normalized spacial score (nSPS) is 11.4. The van der Waals surface area contributed by atoms with Crippen LogP contribution in [0.15, 0.2) is 217 Å². The number of benzene rings is 9. The smallest absolute Gasteiger partial charge is 0.227 e. The molecule has 2 heterocycles. The summed E-state index contributed by atoms with van der Waals surface area (Å²) in [6.07, 6.45) is 0. The fourth-order valence-corrected chi connectivity index (χ4v) is 9.21. The van der Waals surface area contributed by atoms with Crippen molar-refractivity contribution in [2.24, 2.45) is 0 Å². The first-order chi connectivity index (χ1) is 28.7. The Morgan fingerprint density at radius 3 is 1.40 bits per heavy atom. The van der Waals surface area contributed by atoms with Crippen molar-refractivity contribution in [1.29, 1.82) is 0 Å². The number of hydrogen-bond acceptors (Lipinski definition) is 3. The molecule has 2 aromatic heterocycles. The molecule has 2 nitrogen and oxygen atoms in total. The van der Waals surface area contributed by atoms with E-state index in [-0.39, 0.29) is 0 Å². The molecule has 0 unspecified atom stereocenters. The lowest BCUT2D eigenvalue weighted by molar-refractivity contribution is 0.620. The van der Waals surface area contributed by atoms with E-state index in [2.05, 4.69) is 212 Å². The number of fused-ring (bicyclic) bond motifs is 4. The Hall–Kier alpha value is -7.33. The summed E-state index contributed by atoms with van der Waals surface area (Å²) in [5, 5.41) is 2.62. The minimum absolute atomic E-state index is 0.593. The highest BCUT2D eigenvalue weighted by Gasteiger charge is 2.18. The first-order valence-electron chi connectivity index (χ1n) is 19.6. The quantitative estimate of drug-likeness (QED) is 0.162. The Labute approximate surface area is 341 Å². The summed E-state index contributed by atoms with van der Waals surface area (Å²) in [5.41, 5.74) is 16.1. The molecule has 9 aromatic carbocycles. The maximum atomic E-state index is 6.80. The van der Waals surface area contributed by atoms with Gasteiger partial charge in [-0.25, -0.2) is 4.98 Å². The largest absolute Gasteiger partial charge is 0.436 e. The van der Waals surface area contributed by atoms with Gasteiger partial charge in [-0.05, 0) is 110 Å². The lowest BCUT2D eigenvalue weighted by Gasteiger charge is -2.10. The third kappa shape index (κ3) is 6.28. The van der Waals surface area contributed by atoms with Crippen LogP contribution in [0.3, 0.4) is 0 Å². The third-order valence-electron chi connectivity index (χ3n) is 11.1. The summed E-state index contributed by atoms with van der Waals surface area (Å²) in [7, 11) is 0. The van der Waals surface area contributed by atoms with E-state index in [0.717, 1.165) is 61.2 Å². The van der Waals surface area contributed by atoms with Crippen LogP contribution in [0.4, 0.5) is 0 Å². The highest BCUT2D eigenvalue weighted by Crippen LogP contribution is 2.41. The molecule has 0 amide bonds. The van der Waals surface area contributed by atoms with Crippen LogP contribution in [0.25, 0.3) is 109 Å². The molecule has 11 rings (SSSR count). The maximum Gasteiger partial charge on any atom is 0.227 e. The Morgan fingerprint density at radius 1 is 0.310 bits per heavy atom. The Balaban J connectivity index is 1.04. The van der Waals surface area contributed by atoms with Crippen molar-refractivity contribution in [3.8, 4) is 78.2 Å². The average molecular weight is 758 g/mol. The standard InChI is InChI=1S/C55H35NOS/c1-4-12-36(13-5-1)39-24-26-42(27-25-39)49-34-46(41-22-20-40(21-23-41)43-28-29-53-50(33-43)48-18-10-11-19-52(48)58-53)35-51-54(49)56-55(57-51)47-31-44(37-14-6-2-7-15-37)30-45(32-47)38-16-8-3-9-17-38/h1-35H. The fraction of sp³-hybridized carbons (Fsp3) is 0. The Morgan fingerprint density at radius 2 is 0.759 bits per heavy atom. The fourth-order valence-electron chi connectivity index (χ4n) is 8.12. The van der Waals surface area contributed by atoms with Crippen LogP contribution in [0.2, 0.25) is 0 Å². The molecule has 0 saturated carbocycles. The van der Waals surface area contributed by atoms with Crippen LogP contribution >= 0.6 is 11.3 Å². The molecule has 0 spiro atoms. The Bertz CT molecular complexity index is 3180. The van der Waals surface area contributed by atoms with Crippen molar-refractivity contribution >= 4 is 42.6 Å². The van der Waals surface area contributed by atoms with E-state index in [1.165, 1.54) is 42.4 Å². The maximum absolute atomic E-state index is 6.80. The van der Waals surface area contributed by atoms with Crippen molar-refractivity contribution in [2.75, 3.05) is 0 Å². The molecule has 0 saturated heterocycles. The zero-order valence-electron chi connectivity index (χ0n) is 31.5. The molecule has 272 valence electrons. The summed E-state index contributed by atoms with van der Waals surface area (Å²) in [4.78, 5) is 5.27. The molecule has 3 heteroatoms. The second-order valence-electron chi connectivity index (χ2n) is 14.8. The van der Waals surface area contributed by atoms with Crippen LogP contribution in [0.5, 0.6) is 0 Å².